The molecule has 0 unspecified atom stereocenters. The van der Waals surface area contributed by atoms with Gasteiger partial charge in [-0.05, 0) is 30.2 Å². The molecule has 5 nitrogen and oxygen atoms in total. The van der Waals surface area contributed by atoms with Crippen molar-refractivity contribution >= 4 is 17.3 Å². The van der Waals surface area contributed by atoms with Crippen molar-refractivity contribution in [3.8, 4) is 0 Å². The summed E-state index contributed by atoms with van der Waals surface area (Å²) in [5.41, 5.74) is 8.18. The number of fused-ring (bicyclic) bond motifs is 1. The topological polar surface area (TPSA) is 79.2 Å². The first-order valence-electron chi connectivity index (χ1n) is 6.04. The van der Waals surface area contributed by atoms with Gasteiger partial charge < -0.3 is 15.6 Å². The summed E-state index contributed by atoms with van der Waals surface area (Å²) in [4.78, 5) is 28.5. The van der Waals surface area contributed by atoms with E-state index in [1.807, 2.05) is 12.1 Å². The summed E-state index contributed by atoms with van der Waals surface area (Å²) >= 11 is 0. The first-order chi connectivity index (χ1) is 9.16. The third kappa shape index (κ3) is 1.89. The fourth-order valence-electron chi connectivity index (χ4n) is 2.36. The molecule has 0 saturated carbocycles. The fourth-order valence-corrected chi connectivity index (χ4v) is 2.36. The van der Waals surface area contributed by atoms with Gasteiger partial charge in [0.05, 0.1) is 0 Å². The van der Waals surface area contributed by atoms with Gasteiger partial charge in [-0.15, -0.1) is 0 Å². The predicted octanol–water partition coefficient (Wildman–Crippen LogP) is 1.16. The van der Waals surface area contributed by atoms with E-state index in [0.717, 1.165) is 17.7 Å². The van der Waals surface area contributed by atoms with Crippen LogP contribution < -0.4 is 16.1 Å². The molecule has 96 valence electrons. The van der Waals surface area contributed by atoms with Gasteiger partial charge in [0.1, 0.15) is 5.56 Å². The molecule has 1 amide bonds. The molecule has 0 bridgehead atoms. The number of H-pyrrole nitrogens is 1. The Morgan fingerprint density at radius 3 is 2.95 bits per heavy atom. The highest BCUT2D eigenvalue weighted by Crippen LogP contribution is 2.30. The van der Waals surface area contributed by atoms with E-state index in [9.17, 15) is 9.59 Å². The molecule has 0 saturated heterocycles. The van der Waals surface area contributed by atoms with Gasteiger partial charge in [-0.2, -0.15) is 0 Å². The average molecular weight is 255 g/mol. The van der Waals surface area contributed by atoms with Gasteiger partial charge in [-0.3, -0.25) is 9.59 Å². The van der Waals surface area contributed by atoms with Crippen molar-refractivity contribution < 1.29 is 4.79 Å². The first-order valence-corrected chi connectivity index (χ1v) is 6.04. The number of hydrogen-bond acceptors (Lipinski definition) is 3. The lowest BCUT2D eigenvalue weighted by Gasteiger charge is -2.16. The molecule has 0 radical (unpaired) electrons. The van der Waals surface area contributed by atoms with Gasteiger partial charge in [-0.1, -0.05) is 0 Å². The second-order valence-corrected chi connectivity index (χ2v) is 4.52. The van der Waals surface area contributed by atoms with Crippen LogP contribution >= 0.6 is 0 Å². The molecule has 2 heterocycles. The molecule has 3 rings (SSSR count). The standard InChI is InChI=1S/C14H13N3O2/c15-10-1-2-12-9(7-10)4-6-17(12)14(19)11-8-16-5-3-13(11)18/h1-3,5,7-8H,4,6,15H2,(H,16,18). The molecule has 19 heavy (non-hydrogen) atoms. The monoisotopic (exact) mass is 255 g/mol. The number of benzene rings is 1. The Morgan fingerprint density at radius 1 is 1.32 bits per heavy atom. The summed E-state index contributed by atoms with van der Waals surface area (Å²) in [6.07, 6.45) is 3.72. The molecule has 0 aliphatic carbocycles. The zero-order valence-electron chi connectivity index (χ0n) is 10.2. The van der Waals surface area contributed by atoms with E-state index in [0.29, 0.717) is 12.2 Å². The number of amides is 1. The number of hydrogen-bond donors (Lipinski definition) is 2. The zero-order valence-corrected chi connectivity index (χ0v) is 10.2. The number of pyridine rings is 1. The number of aromatic amines is 1. The predicted molar refractivity (Wildman–Crippen MR) is 73.3 cm³/mol. The molecule has 1 aliphatic heterocycles. The number of nitrogens with two attached hydrogens (primary N) is 1. The van der Waals surface area contributed by atoms with Crippen LogP contribution in [0.3, 0.4) is 0 Å². The van der Waals surface area contributed by atoms with Gasteiger partial charge in [0.2, 0.25) is 0 Å². The Bertz CT molecular complexity index is 706. The van der Waals surface area contributed by atoms with Gasteiger partial charge in [0.25, 0.3) is 5.91 Å². The van der Waals surface area contributed by atoms with Crippen molar-refractivity contribution in [3.05, 3.63) is 58.0 Å². The van der Waals surface area contributed by atoms with E-state index in [1.165, 1.54) is 18.5 Å². The molecule has 5 heteroatoms. The molecule has 0 atom stereocenters. The van der Waals surface area contributed by atoms with Crippen LogP contribution in [0, 0.1) is 0 Å². The maximum atomic E-state index is 12.4. The van der Waals surface area contributed by atoms with Crippen LogP contribution in [-0.2, 0) is 6.42 Å². The van der Waals surface area contributed by atoms with Crippen LogP contribution in [0.15, 0.2) is 41.5 Å². The summed E-state index contributed by atoms with van der Waals surface area (Å²) < 4.78 is 0. The van der Waals surface area contributed by atoms with Crippen molar-refractivity contribution in [2.45, 2.75) is 6.42 Å². The Hall–Kier alpha value is -2.56. The molecular weight excluding hydrogens is 242 g/mol. The Balaban J connectivity index is 2.01. The smallest absolute Gasteiger partial charge is 0.263 e. The number of anilines is 2. The van der Waals surface area contributed by atoms with Crippen LogP contribution in [0.4, 0.5) is 11.4 Å². The Kier molecular flexibility index (Phi) is 2.59. The van der Waals surface area contributed by atoms with Gasteiger partial charge in [-0.25, -0.2) is 0 Å². The lowest BCUT2D eigenvalue weighted by Crippen LogP contribution is -2.32. The summed E-state index contributed by atoms with van der Waals surface area (Å²) in [6.45, 7) is 0.575. The van der Waals surface area contributed by atoms with Crippen molar-refractivity contribution in [3.63, 3.8) is 0 Å². The number of nitrogens with zero attached hydrogens (tertiary/aromatic N) is 1. The molecule has 0 fully saturated rings. The van der Waals surface area contributed by atoms with Gasteiger partial charge in [0, 0.05) is 36.4 Å². The normalized spacial score (nSPS) is 13.4. The van der Waals surface area contributed by atoms with Crippen molar-refractivity contribution in [2.75, 3.05) is 17.2 Å². The van der Waals surface area contributed by atoms with Crippen LogP contribution in [0.2, 0.25) is 0 Å². The zero-order chi connectivity index (χ0) is 13.4. The average Bonchev–Trinajstić information content (AvgIpc) is 2.81. The van der Waals surface area contributed by atoms with Crippen molar-refractivity contribution in [1.82, 2.24) is 4.98 Å². The van der Waals surface area contributed by atoms with Crippen LogP contribution in [0.5, 0.6) is 0 Å². The number of carbonyl (C=O) groups is 1. The minimum atomic E-state index is -0.273. The number of rotatable bonds is 1. The van der Waals surface area contributed by atoms with Crippen LogP contribution in [0.25, 0.3) is 0 Å². The highest BCUT2D eigenvalue weighted by molar-refractivity contribution is 6.07. The molecule has 0 spiro atoms. The van der Waals surface area contributed by atoms with E-state index in [2.05, 4.69) is 4.98 Å². The largest absolute Gasteiger partial charge is 0.399 e. The van der Waals surface area contributed by atoms with Crippen molar-refractivity contribution in [2.24, 2.45) is 0 Å². The van der Waals surface area contributed by atoms with Gasteiger partial charge >= 0.3 is 0 Å². The lowest BCUT2D eigenvalue weighted by molar-refractivity contribution is 0.0988. The molecule has 1 aromatic carbocycles. The minimum Gasteiger partial charge on any atom is -0.399 e. The summed E-state index contributed by atoms with van der Waals surface area (Å²) in [7, 11) is 0. The van der Waals surface area contributed by atoms with Crippen LogP contribution in [0.1, 0.15) is 15.9 Å². The number of nitrogens with one attached hydrogen (secondary N) is 1. The molecule has 1 aliphatic rings. The third-order valence-corrected chi connectivity index (χ3v) is 3.30. The molecule has 3 N–H and O–H groups in total. The number of carbonyl (C=O) groups excluding carboxylic acids is 1. The maximum Gasteiger partial charge on any atom is 0.263 e. The fraction of sp³-hybridized carbons (Fsp3) is 0.143. The Labute approximate surface area is 109 Å². The Morgan fingerprint density at radius 2 is 2.16 bits per heavy atom. The lowest BCUT2D eigenvalue weighted by atomic mass is 10.1. The van der Waals surface area contributed by atoms with Gasteiger partial charge in [0.15, 0.2) is 5.43 Å². The summed E-state index contributed by atoms with van der Waals surface area (Å²) in [5.74, 6) is -0.273. The number of nitrogen functional groups attached to an aromatic ring is 1. The second kappa shape index (κ2) is 4.28. The second-order valence-electron chi connectivity index (χ2n) is 4.52. The van der Waals surface area contributed by atoms with E-state index < -0.39 is 0 Å². The molecule has 1 aromatic heterocycles. The third-order valence-electron chi connectivity index (χ3n) is 3.30. The highest BCUT2D eigenvalue weighted by atomic mass is 16.2. The van der Waals surface area contributed by atoms with E-state index in [1.54, 1.807) is 11.0 Å². The summed E-state index contributed by atoms with van der Waals surface area (Å²) in [6, 6.07) is 6.82. The number of aromatic nitrogens is 1. The van der Waals surface area contributed by atoms with E-state index in [-0.39, 0.29) is 16.9 Å². The minimum absolute atomic E-state index is 0.159. The van der Waals surface area contributed by atoms with Crippen molar-refractivity contribution in [1.29, 1.82) is 0 Å². The van der Waals surface area contributed by atoms with E-state index >= 15 is 0 Å². The highest BCUT2D eigenvalue weighted by Gasteiger charge is 2.26. The first kappa shape index (κ1) is 11.5. The quantitative estimate of drug-likeness (QED) is 0.750. The van der Waals surface area contributed by atoms with E-state index in [4.69, 9.17) is 5.73 Å². The molecular formula is C14H13N3O2. The van der Waals surface area contributed by atoms with Crippen LogP contribution in [-0.4, -0.2) is 17.4 Å². The maximum absolute atomic E-state index is 12.4. The summed E-state index contributed by atoms with van der Waals surface area (Å²) in [5, 5.41) is 0. The molecule has 2 aromatic rings. The SMILES string of the molecule is Nc1ccc2c(c1)CCN2C(=O)c1c[nH]ccc1=O.